The van der Waals surface area contributed by atoms with E-state index in [-0.39, 0.29) is 5.97 Å². The fourth-order valence-corrected chi connectivity index (χ4v) is 2.09. The topological polar surface area (TPSA) is 26.3 Å². The highest BCUT2D eigenvalue weighted by atomic mass is 16.5. The highest BCUT2D eigenvalue weighted by molar-refractivity contribution is 5.83. The van der Waals surface area contributed by atoms with E-state index >= 15 is 0 Å². The molecule has 0 aromatic rings. The highest BCUT2D eigenvalue weighted by Crippen LogP contribution is 1.99. The Morgan fingerprint density at radius 3 is 1.89 bits per heavy atom. The van der Waals surface area contributed by atoms with Crippen molar-refractivity contribution in [1.82, 2.24) is 0 Å². The van der Waals surface area contributed by atoms with Crippen molar-refractivity contribution in [1.29, 1.82) is 0 Å². The second-order valence-electron chi connectivity index (χ2n) is 6.01. The van der Waals surface area contributed by atoms with E-state index in [1.54, 1.807) is 6.92 Å². The summed E-state index contributed by atoms with van der Waals surface area (Å²) in [5, 5.41) is 0. The molecule has 0 saturated carbocycles. The van der Waals surface area contributed by atoms with Crippen LogP contribution in [0.25, 0.3) is 0 Å². The Morgan fingerprint density at radius 1 is 0.741 bits per heavy atom. The first-order chi connectivity index (χ1) is 13.2. The van der Waals surface area contributed by atoms with Gasteiger partial charge >= 0.3 is 5.97 Å². The van der Waals surface area contributed by atoms with Crippen LogP contribution in [0.5, 0.6) is 0 Å². The largest absolute Gasteiger partial charge is 0.463 e. The second kappa shape index (κ2) is 20.0. The average Bonchev–Trinajstić information content (AvgIpc) is 2.64. The van der Waals surface area contributed by atoms with Gasteiger partial charge in [0.15, 0.2) is 0 Å². The fourth-order valence-electron chi connectivity index (χ4n) is 2.09. The third-order valence-electron chi connectivity index (χ3n) is 3.46. The second-order valence-corrected chi connectivity index (χ2v) is 6.01. The smallest absolute Gasteiger partial charge is 0.330 e. The van der Waals surface area contributed by atoms with E-state index < -0.39 is 0 Å². The molecule has 0 rings (SSSR count). The van der Waals surface area contributed by atoms with Crippen LogP contribution >= 0.6 is 0 Å². The minimum Gasteiger partial charge on any atom is -0.463 e. The summed E-state index contributed by atoms with van der Waals surface area (Å²) in [6, 6.07) is 0. The maximum Gasteiger partial charge on any atom is 0.330 e. The number of carbonyl (C=O) groups excluding carboxylic acids is 1. The monoisotopic (exact) mass is 368 g/mol. The molecule has 0 radical (unpaired) electrons. The molecule has 0 aromatic heterocycles. The number of ether oxygens (including phenoxy) is 1. The predicted octanol–water partition coefficient (Wildman–Crippen LogP) is 7.19. The molecule has 0 spiro atoms. The number of rotatable bonds is 14. The van der Waals surface area contributed by atoms with Gasteiger partial charge in [-0.25, -0.2) is 4.79 Å². The standard InChI is InChI=1S/C25H36O2/c1-4-6-7-8-9-10-11-12-13-14-15-16-17-18-19-20-21-22-24(3)23-25(26)27-5-2/h6-7,9-10,12-13,15-16,19-23H,4-5,8,11,14,17-18H2,1-3H3/b7-6+,10-9+,13-12+,16-15+,20-19+,22-21+,24-23-. The minimum absolute atomic E-state index is 0.289. The molecule has 0 fully saturated rings. The lowest BCUT2D eigenvalue weighted by Gasteiger charge is -1.95. The van der Waals surface area contributed by atoms with Crippen molar-refractivity contribution in [2.24, 2.45) is 0 Å². The molecule has 0 aliphatic rings. The Hall–Kier alpha value is -2.35. The Bertz CT molecular complexity index is 569. The van der Waals surface area contributed by atoms with Gasteiger partial charge in [0.2, 0.25) is 0 Å². The summed E-state index contributed by atoms with van der Waals surface area (Å²) < 4.78 is 4.86. The van der Waals surface area contributed by atoms with E-state index in [4.69, 9.17) is 4.74 Å². The van der Waals surface area contributed by atoms with Crippen LogP contribution in [0.1, 0.15) is 59.3 Å². The van der Waals surface area contributed by atoms with E-state index in [1.807, 2.05) is 25.2 Å². The van der Waals surface area contributed by atoms with Crippen molar-refractivity contribution in [3.05, 3.63) is 84.6 Å². The van der Waals surface area contributed by atoms with Gasteiger partial charge in [-0.15, -0.1) is 0 Å². The van der Waals surface area contributed by atoms with Crippen LogP contribution in [0.15, 0.2) is 84.6 Å². The van der Waals surface area contributed by atoms with Gasteiger partial charge in [-0.05, 0) is 57.9 Å². The maximum atomic E-state index is 11.3. The van der Waals surface area contributed by atoms with Crippen LogP contribution in [0.4, 0.5) is 0 Å². The molecule has 0 aliphatic carbocycles. The van der Waals surface area contributed by atoms with Crippen molar-refractivity contribution in [3.63, 3.8) is 0 Å². The van der Waals surface area contributed by atoms with Crippen molar-refractivity contribution in [3.8, 4) is 0 Å². The third-order valence-corrected chi connectivity index (χ3v) is 3.46. The van der Waals surface area contributed by atoms with Crippen LogP contribution in [-0.2, 0) is 9.53 Å². The predicted molar refractivity (Wildman–Crippen MR) is 119 cm³/mol. The lowest BCUT2D eigenvalue weighted by Crippen LogP contribution is -1.99. The molecule has 0 aliphatic heterocycles. The molecule has 0 N–H and O–H groups in total. The zero-order chi connectivity index (χ0) is 20.0. The Morgan fingerprint density at radius 2 is 1.30 bits per heavy atom. The summed E-state index contributed by atoms with van der Waals surface area (Å²) in [6.45, 7) is 6.25. The molecule has 0 unspecified atom stereocenters. The normalized spacial score (nSPS) is 13.5. The molecule has 0 saturated heterocycles. The third kappa shape index (κ3) is 19.8. The van der Waals surface area contributed by atoms with E-state index in [9.17, 15) is 4.79 Å². The SMILES string of the molecule is CC/C=C/C/C=C/C/C=C/C/C=C/CC/C=C/C=C/C(C)=C\C(=O)OCC. The van der Waals surface area contributed by atoms with Crippen molar-refractivity contribution < 1.29 is 9.53 Å². The van der Waals surface area contributed by atoms with Crippen LogP contribution < -0.4 is 0 Å². The van der Waals surface area contributed by atoms with Crippen molar-refractivity contribution >= 4 is 5.97 Å². The molecule has 0 aromatic carbocycles. The van der Waals surface area contributed by atoms with Crippen LogP contribution in [0.2, 0.25) is 0 Å². The number of hydrogen-bond acceptors (Lipinski definition) is 2. The van der Waals surface area contributed by atoms with Gasteiger partial charge in [-0.1, -0.05) is 79.8 Å². The Balaban J connectivity index is 3.75. The van der Waals surface area contributed by atoms with Gasteiger partial charge in [0.1, 0.15) is 0 Å². The zero-order valence-electron chi connectivity index (χ0n) is 17.3. The van der Waals surface area contributed by atoms with E-state index in [0.29, 0.717) is 6.61 Å². The number of carbonyl (C=O) groups is 1. The lowest BCUT2D eigenvalue weighted by molar-refractivity contribution is -0.137. The fraction of sp³-hybridized carbons (Fsp3) is 0.400. The van der Waals surface area contributed by atoms with Crippen LogP contribution in [0.3, 0.4) is 0 Å². The number of hydrogen-bond donors (Lipinski definition) is 0. The summed E-state index contributed by atoms with van der Waals surface area (Å²) >= 11 is 0. The number of esters is 1. The summed E-state index contributed by atoms with van der Waals surface area (Å²) in [6.07, 6.45) is 33.4. The molecule has 0 atom stereocenters. The van der Waals surface area contributed by atoms with E-state index in [1.165, 1.54) is 6.08 Å². The first kappa shape index (κ1) is 24.7. The van der Waals surface area contributed by atoms with Gasteiger partial charge in [0.05, 0.1) is 6.61 Å². The van der Waals surface area contributed by atoms with Gasteiger partial charge < -0.3 is 4.74 Å². The first-order valence-electron chi connectivity index (χ1n) is 9.98. The molecular formula is C25H36O2. The quantitative estimate of drug-likeness (QED) is 0.107. The van der Waals surface area contributed by atoms with Crippen molar-refractivity contribution in [2.45, 2.75) is 59.3 Å². The molecule has 148 valence electrons. The summed E-state index contributed by atoms with van der Waals surface area (Å²) in [5.74, 6) is -0.289. The van der Waals surface area contributed by atoms with Gasteiger partial charge in [0.25, 0.3) is 0 Å². The summed E-state index contributed by atoms with van der Waals surface area (Å²) in [4.78, 5) is 11.3. The molecule has 0 amide bonds. The number of unbranched alkanes of at least 4 members (excludes halogenated alkanes) is 1. The Kier molecular flexibility index (Phi) is 18.2. The van der Waals surface area contributed by atoms with Crippen molar-refractivity contribution in [2.75, 3.05) is 6.61 Å². The summed E-state index contributed by atoms with van der Waals surface area (Å²) in [7, 11) is 0. The van der Waals surface area contributed by atoms with Crippen LogP contribution in [-0.4, -0.2) is 12.6 Å². The molecular weight excluding hydrogens is 332 g/mol. The van der Waals surface area contributed by atoms with Gasteiger partial charge in [-0.3, -0.25) is 0 Å². The molecule has 2 nitrogen and oxygen atoms in total. The van der Waals surface area contributed by atoms with Crippen LogP contribution in [0, 0.1) is 0 Å². The van der Waals surface area contributed by atoms with E-state index in [0.717, 1.165) is 44.1 Å². The van der Waals surface area contributed by atoms with E-state index in [2.05, 4.69) is 61.6 Å². The molecule has 27 heavy (non-hydrogen) atoms. The number of allylic oxidation sites excluding steroid dienone is 13. The maximum absolute atomic E-state index is 11.3. The highest BCUT2D eigenvalue weighted by Gasteiger charge is 1.94. The Labute approximate surface area is 166 Å². The minimum atomic E-state index is -0.289. The first-order valence-corrected chi connectivity index (χ1v) is 9.98. The molecule has 0 heterocycles. The summed E-state index contributed by atoms with van der Waals surface area (Å²) in [5.41, 5.74) is 0.886. The van der Waals surface area contributed by atoms with Gasteiger partial charge in [-0.2, -0.15) is 0 Å². The zero-order valence-corrected chi connectivity index (χ0v) is 17.3. The molecule has 2 heteroatoms. The average molecular weight is 369 g/mol. The lowest BCUT2D eigenvalue weighted by atomic mass is 10.2. The van der Waals surface area contributed by atoms with Gasteiger partial charge in [0, 0.05) is 6.08 Å². The molecule has 0 bridgehead atoms.